The Morgan fingerprint density at radius 3 is 2.09 bits per heavy atom. The van der Waals surface area contributed by atoms with Gasteiger partial charge in [-0.2, -0.15) is 26.3 Å². The minimum Gasteiger partial charge on any atom is -0.507 e. The van der Waals surface area contributed by atoms with Crippen molar-refractivity contribution in [2.24, 2.45) is 17.8 Å². The summed E-state index contributed by atoms with van der Waals surface area (Å²) in [6.45, 7) is -0.0580. The lowest BCUT2D eigenvalue weighted by molar-refractivity contribution is -0.143. The Kier molecular flexibility index (Phi) is 10.4. The van der Waals surface area contributed by atoms with E-state index in [1.54, 1.807) is 54.6 Å². The number of hydrogen-bond acceptors (Lipinski definition) is 6. The molecule has 0 bridgehead atoms. The molecule has 2 amide bonds. The normalized spacial score (nSPS) is 21.8. The number of phenols is 1. The highest BCUT2D eigenvalue weighted by molar-refractivity contribution is 6.43. The van der Waals surface area contributed by atoms with Crippen LogP contribution in [0.5, 0.6) is 11.5 Å². The summed E-state index contributed by atoms with van der Waals surface area (Å²) in [5.41, 5.74) is -0.716. The van der Waals surface area contributed by atoms with Gasteiger partial charge in [0.25, 0.3) is 0 Å². The third kappa shape index (κ3) is 7.92. The van der Waals surface area contributed by atoms with Gasteiger partial charge in [0.2, 0.25) is 11.8 Å². The quantitative estimate of drug-likeness (QED) is 0.0582. The van der Waals surface area contributed by atoms with Crippen molar-refractivity contribution in [3.8, 4) is 11.5 Å². The number of aromatic hydroxyl groups is 1. The SMILES string of the molecule is O=C1[C@@H]2[C@@H](CC(COc3ccccc3)=C3[C@@H](CC/C(=C/c4ccccc4O)c4ccccc4)OB(O)C[C@@H]32)C(=O)N1c1cc(C(F)(F)F)cc(C(F)(F)F)c1. The average molecular weight is 762 g/mol. The molecule has 2 heterocycles. The molecule has 4 atom stereocenters. The van der Waals surface area contributed by atoms with Crippen LogP contribution in [0.2, 0.25) is 6.32 Å². The minimum absolute atomic E-state index is 0.0580. The van der Waals surface area contributed by atoms with E-state index in [2.05, 4.69) is 0 Å². The van der Waals surface area contributed by atoms with Crippen LogP contribution in [-0.2, 0) is 26.6 Å². The van der Waals surface area contributed by atoms with Crippen molar-refractivity contribution in [2.45, 2.75) is 44.0 Å². The van der Waals surface area contributed by atoms with E-state index < -0.39 is 72.0 Å². The molecule has 2 aliphatic heterocycles. The number of carbonyl (C=O) groups is 2. The predicted molar refractivity (Wildman–Crippen MR) is 192 cm³/mol. The van der Waals surface area contributed by atoms with Gasteiger partial charge < -0.3 is 19.5 Å². The number of phenolic OH excluding ortho intramolecular Hbond substituents is 1. The zero-order valence-corrected chi connectivity index (χ0v) is 29.1. The number of hydrogen-bond donors (Lipinski definition) is 2. The third-order valence-corrected chi connectivity index (χ3v) is 10.4. The molecule has 2 fully saturated rings. The van der Waals surface area contributed by atoms with Crippen LogP contribution in [0.15, 0.2) is 114 Å². The molecule has 0 radical (unpaired) electrons. The maximum atomic E-state index is 14.2. The van der Waals surface area contributed by atoms with E-state index in [1.807, 2.05) is 36.4 Å². The molecule has 7 rings (SSSR count). The van der Waals surface area contributed by atoms with E-state index >= 15 is 0 Å². The van der Waals surface area contributed by atoms with Crippen LogP contribution in [0.3, 0.4) is 0 Å². The number of halogens is 6. The highest BCUT2D eigenvalue weighted by atomic mass is 19.4. The van der Waals surface area contributed by atoms with E-state index in [0.29, 0.717) is 45.9 Å². The number of anilines is 1. The van der Waals surface area contributed by atoms with Crippen molar-refractivity contribution in [1.82, 2.24) is 0 Å². The number of rotatable bonds is 9. The summed E-state index contributed by atoms with van der Waals surface area (Å²) >= 11 is 0. The Hall–Kier alpha value is -5.34. The summed E-state index contributed by atoms with van der Waals surface area (Å²) in [6.07, 6.45) is -8.98. The zero-order chi connectivity index (χ0) is 39.1. The highest BCUT2D eigenvalue weighted by Gasteiger charge is 2.58. The van der Waals surface area contributed by atoms with E-state index in [-0.39, 0.29) is 37.6 Å². The topological polar surface area (TPSA) is 96.3 Å². The number of imide groups is 1. The second kappa shape index (κ2) is 15.1. The van der Waals surface area contributed by atoms with Gasteiger partial charge in [0.05, 0.1) is 34.8 Å². The van der Waals surface area contributed by atoms with Crippen LogP contribution in [0, 0.1) is 17.8 Å². The van der Waals surface area contributed by atoms with Gasteiger partial charge in [-0.25, -0.2) is 4.90 Å². The number of amides is 2. The number of carbonyl (C=O) groups excluding carboxylic acids is 2. The first kappa shape index (κ1) is 38.0. The molecular weight excluding hydrogens is 727 g/mol. The monoisotopic (exact) mass is 761 g/mol. The predicted octanol–water partition coefficient (Wildman–Crippen LogP) is 8.83. The fourth-order valence-corrected chi connectivity index (χ4v) is 7.94. The largest absolute Gasteiger partial charge is 0.507 e. The summed E-state index contributed by atoms with van der Waals surface area (Å²) in [6, 6.07) is 25.7. The molecule has 7 nitrogen and oxygen atoms in total. The molecule has 1 aliphatic carbocycles. The van der Waals surface area contributed by atoms with Gasteiger partial charge in [0.15, 0.2) is 0 Å². The van der Waals surface area contributed by atoms with Crippen LogP contribution >= 0.6 is 0 Å². The number of allylic oxidation sites excluding steroid dienone is 1. The van der Waals surface area contributed by atoms with Crippen LogP contribution in [0.25, 0.3) is 11.6 Å². The van der Waals surface area contributed by atoms with Gasteiger partial charge >= 0.3 is 19.5 Å². The van der Waals surface area contributed by atoms with Gasteiger partial charge in [-0.3, -0.25) is 9.59 Å². The molecule has 3 aliphatic rings. The highest BCUT2D eigenvalue weighted by Crippen LogP contribution is 2.52. The van der Waals surface area contributed by atoms with Crippen LogP contribution < -0.4 is 9.64 Å². The van der Waals surface area contributed by atoms with Gasteiger partial charge in [0.1, 0.15) is 18.1 Å². The summed E-state index contributed by atoms with van der Waals surface area (Å²) in [4.78, 5) is 28.7. The Labute approximate surface area is 312 Å². The fourth-order valence-electron chi connectivity index (χ4n) is 7.94. The summed E-state index contributed by atoms with van der Waals surface area (Å²) in [5.74, 6) is -4.51. The molecule has 0 aromatic heterocycles. The number of alkyl halides is 6. The molecule has 284 valence electrons. The van der Waals surface area contributed by atoms with E-state index in [4.69, 9.17) is 9.39 Å². The van der Waals surface area contributed by atoms with Crippen molar-refractivity contribution < 1.29 is 55.5 Å². The molecule has 0 saturated carbocycles. The van der Waals surface area contributed by atoms with E-state index in [1.165, 1.54) is 0 Å². The van der Waals surface area contributed by atoms with Gasteiger partial charge in [0, 0.05) is 5.56 Å². The second-order valence-electron chi connectivity index (χ2n) is 13.8. The molecule has 4 aromatic carbocycles. The van der Waals surface area contributed by atoms with Gasteiger partial charge in [-0.05, 0) is 96.3 Å². The Morgan fingerprint density at radius 1 is 0.836 bits per heavy atom. The van der Waals surface area contributed by atoms with Crippen molar-refractivity contribution in [1.29, 1.82) is 0 Å². The van der Waals surface area contributed by atoms with Crippen LogP contribution in [0.4, 0.5) is 32.0 Å². The first-order valence-electron chi connectivity index (χ1n) is 17.6. The first-order valence-corrected chi connectivity index (χ1v) is 17.6. The lowest BCUT2D eigenvalue weighted by Crippen LogP contribution is -2.46. The summed E-state index contributed by atoms with van der Waals surface area (Å²) < 4.78 is 95.3. The first-order chi connectivity index (χ1) is 26.2. The maximum Gasteiger partial charge on any atom is 0.455 e. The molecule has 2 saturated heterocycles. The molecule has 14 heteroatoms. The van der Waals surface area contributed by atoms with Crippen molar-refractivity contribution >= 4 is 36.3 Å². The summed E-state index contributed by atoms with van der Waals surface area (Å²) in [5, 5.41) is 21.6. The smallest absolute Gasteiger partial charge is 0.455 e. The molecule has 55 heavy (non-hydrogen) atoms. The minimum atomic E-state index is -5.20. The number of fused-ring (bicyclic) bond motifs is 3. The Balaban J connectivity index is 1.27. The zero-order valence-electron chi connectivity index (χ0n) is 29.1. The Bertz CT molecular complexity index is 2110. The molecular formula is C41H34BF6NO6. The standard InChI is InChI=1S/C41H34BF6NO6/c43-40(44,45)28-19-29(41(46,47)48)21-30(20-28)49-38(51)32-18-27(23-54-31-12-5-2-6-13-31)36-33(37(32)39(49)52)22-42(53)55-35(36)16-15-25(24-9-3-1-4-10-24)17-26-11-7-8-14-34(26)50/h1-14,17,19-21,32-33,35,37,50,53H,15-16,18,22-23H2/b25-17-/t32-,33+,35-,37-/m1/s1. The summed E-state index contributed by atoms with van der Waals surface area (Å²) in [7, 11) is -1.40. The number of nitrogens with zero attached hydrogens (tertiary/aromatic N) is 1. The van der Waals surface area contributed by atoms with Crippen molar-refractivity contribution in [2.75, 3.05) is 11.5 Å². The molecule has 2 N–H and O–H groups in total. The van der Waals surface area contributed by atoms with Crippen LogP contribution in [0.1, 0.15) is 41.5 Å². The van der Waals surface area contributed by atoms with E-state index in [9.17, 15) is 46.1 Å². The van der Waals surface area contributed by atoms with Crippen molar-refractivity contribution in [3.63, 3.8) is 0 Å². The van der Waals surface area contributed by atoms with Gasteiger partial charge in [-0.15, -0.1) is 0 Å². The lowest BCUT2D eigenvalue weighted by Gasteiger charge is -2.43. The molecule has 0 spiro atoms. The number of para-hydroxylation sites is 2. The fraction of sp³-hybridized carbons (Fsp3) is 0.268. The van der Waals surface area contributed by atoms with Crippen molar-refractivity contribution in [3.05, 3.63) is 137 Å². The van der Waals surface area contributed by atoms with Gasteiger partial charge in [-0.1, -0.05) is 66.7 Å². The number of benzene rings is 4. The average Bonchev–Trinajstić information content (AvgIpc) is 3.41. The Morgan fingerprint density at radius 2 is 1.45 bits per heavy atom. The maximum absolute atomic E-state index is 14.2. The third-order valence-electron chi connectivity index (χ3n) is 10.4. The van der Waals surface area contributed by atoms with Crippen LogP contribution in [-0.4, -0.2) is 41.8 Å². The molecule has 4 aromatic rings. The molecule has 0 unspecified atom stereocenters. The number of ether oxygens (including phenoxy) is 1. The second-order valence-corrected chi connectivity index (χ2v) is 13.8. The van der Waals surface area contributed by atoms with E-state index in [0.717, 1.165) is 11.1 Å². The lowest BCUT2D eigenvalue weighted by atomic mass is 9.58.